The number of alkyl halides is 6. The Morgan fingerprint density at radius 3 is 1.87 bits per heavy atom. The largest absolute Gasteiger partial charge is 0.444 e. The van der Waals surface area contributed by atoms with Crippen molar-refractivity contribution in [2.45, 2.75) is 76.0 Å². The number of rotatable bonds is 4. The molecule has 2 aliphatic heterocycles. The Kier molecular flexibility index (Phi) is 10.2. The maximum absolute atomic E-state index is 13.9. The van der Waals surface area contributed by atoms with Gasteiger partial charge in [-0.25, -0.2) is 14.0 Å². The van der Waals surface area contributed by atoms with Crippen LogP contribution in [0.5, 0.6) is 0 Å². The molecule has 0 unspecified atom stereocenters. The molecule has 0 bridgehead atoms. The number of nitrogens with zero attached hydrogens (tertiary/aromatic N) is 4. The van der Waals surface area contributed by atoms with Crippen LogP contribution in [0.3, 0.4) is 0 Å². The number of carbonyl (C=O) groups excluding carboxylic acids is 2. The zero-order valence-corrected chi connectivity index (χ0v) is 26.4. The van der Waals surface area contributed by atoms with Gasteiger partial charge in [0, 0.05) is 64.0 Å². The number of ether oxygens (including phenoxy) is 1. The van der Waals surface area contributed by atoms with Gasteiger partial charge in [0.1, 0.15) is 11.4 Å². The molecular formula is C32H39F7N4O3. The van der Waals surface area contributed by atoms with E-state index in [0.29, 0.717) is 57.6 Å². The second kappa shape index (κ2) is 13.3. The minimum absolute atomic E-state index is 0.0177. The lowest BCUT2D eigenvalue weighted by molar-refractivity contribution is -0.143. The monoisotopic (exact) mass is 660 g/mol. The summed E-state index contributed by atoms with van der Waals surface area (Å²) < 4.78 is 100. The number of likely N-dealkylation sites (N-methyl/N-ethyl adjacent to an activating group) is 1. The molecule has 0 N–H and O–H groups in total. The number of anilines is 1. The van der Waals surface area contributed by atoms with Crippen LogP contribution in [0, 0.1) is 5.82 Å². The van der Waals surface area contributed by atoms with Gasteiger partial charge in [0.25, 0.3) is 0 Å². The van der Waals surface area contributed by atoms with E-state index in [1.807, 2.05) is 0 Å². The van der Waals surface area contributed by atoms with Crippen molar-refractivity contribution < 1.29 is 45.1 Å². The Bertz CT molecular complexity index is 1350. The molecule has 3 amide bonds. The van der Waals surface area contributed by atoms with E-state index in [1.54, 1.807) is 37.8 Å². The van der Waals surface area contributed by atoms with Crippen molar-refractivity contribution in [3.05, 3.63) is 65.0 Å². The van der Waals surface area contributed by atoms with E-state index in [9.17, 15) is 40.3 Å². The summed E-state index contributed by atoms with van der Waals surface area (Å²) in [6.45, 7) is 7.43. The molecule has 4 rings (SSSR count). The third kappa shape index (κ3) is 8.42. The Labute approximate surface area is 263 Å². The molecule has 2 aromatic carbocycles. The number of hydrogen-bond donors (Lipinski definition) is 0. The topological polar surface area (TPSA) is 56.3 Å². The molecule has 2 aromatic rings. The van der Waals surface area contributed by atoms with Crippen molar-refractivity contribution in [1.29, 1.82) is 0 Å². The number of piperidine rings is 2. The van der Waals surface area contributed by atoms with Gasteiger partial charge in [-0.3, -0.25) is 9.80 Å². The molecule has 0 spiro atoms. The molecule has 46 heavy (non-hydrogen) atoms. The fourth-order valence-electron chi connectivity index (χ4n) is 6.16. The highest BCUT2D eigenvalue weighted by Crippen LogP contribution is 2.39. The third-order valence-corrected chi connectivity index (χ3v) is 8.58. The van der Waals surface area contributed by atoms with Gasteiger partial charge in [0.15, 0.2) is 0 Å². The van der Waals surface area contributed by atoms with Gasteiger partial charge >= 0.3 is 24.5 Å². The Hall–Kier alpha value is -3.55. The van der Waals surface area contributed by atoms with E-state index in [4.69, 9.17) is 4.74 Å². The molecule has 0 aliphatic carbocycles. The first-order valence-electron chi connectivity index (χ1n) is 15.0. The second-order valence-corrected chi connectivity index (χ2v) is 12.9. The van der Waals surface area contributed by atoms with Crippen molar-refractivity contribution in [3.8, 4) is 0 Å². The van der Waals surface area contributed by atoms with Crippen LogP contribution in [-0.4, -0.2) is 84.8 Å². The molecule has 0 radical (unpaired) electrons. The van der Waals surface area contributed by atoms with Crippen molar-refractivity contribution in [2.24, 2.45) is 0 Å². The minimum atomic E-state index is -5.06. The Morgan fingerprint density at radius 2 is 1.37 bits per heavy atom. The van der Waals surface area contributed by atoms with E-state index < -0.39 is 52.7 Å². The van der Waals surface area contributed by atoms with E-state index in [1.165, 1.54) is 24.1 Å². The van der Waals surface area contributed by atoms with Crippen LogP contribution in [0.25, 0.3) is 0 Å². The van der Waals surface area contributed by atoms with Gasteiger partial charge in [-0.15, -0.1) is 0 Å². The van der Waals surface area contributed by atoms with Gasteiger partial charge < -0.3 is 14.5 Å². The molecule has 0 aromatic heterocycles. The molecule has 7 nitrogen and oxygen atoms in total. The first-order chi connectivity index (χ1) is 21.2. The number of halogens is 7. The number of benzene rings is 2. The van der Waals surface area contributed by atoms with Crippen LogP contribution < -0.4 is 4.90 Å². The van der Waals surface area contributed by atoms with E-state index in [2.05, 4.69) is 4.90 Å². The number of hydrogen-bond acceptors (Lipinski definition) is 4. The summed E-state index contributed by atoms with van der Waals surface area (Å²) >= 11 is 0. The van der Waals surface area contributed by atoms with Crippen molar-refractivity contribution in [1.82, 2.24) is 14.7 Å². The predicted molar refractivity (Wildman–Crippen MR) is 158 cm³/mol. The molecule has 0 saturated carbocycles. The van der Waals surface area contributed by atoms with Crippen LogP contribution in [0.1, 0.15) is 62.6 Å². The zero-order valence-electron chi connectivity index (χ0n) is 26.4. The van der Waals surface area contributed by atoms with Gasteiger partial charge in [-0.05, 0) is 75.9 Å². The lowest BCUT2D eigenvalue weighted by atomic mass is 9.83. The highest BCUT2D eigenvalue weighted by Gasteiger charge is 2.41. The summed E-state index contributed by atoms with van der Waals surface area (Å²) in [5, 5.41) is 0. The minimum Gasteiger partial charge on any atom is -0.444 e. The normalized spacial score (nSPS) is 20.4. The predicted octanol–water partition coefficient (Wildman–Crippen LogP) is 7.61. The number of carbonyl (C=O) groups is 2. The van der Waals surface area contributed by atoms with Crippen LogP contribution in [0.2, 0.25) is 0 Å². The molecule has 254 valence electrons. The summed E-state index contributed by atoms with van der Waals surface area (Å²) in [4.78, 5) is 32.2. The SMILES string of the molecule is CN(C(=O)N(C)[C@@H]1CCN(C2CCN(C(=O)OC(C)(C)C)CC2)C[C@H]1c1ccc(F)cc1)c1cc(C(F)(F)F)cc(C(F)(F)F)c1. The summed E-state index contributed by atoms with van der Waals surface area (Å²) in [7, 11) is 2.60. The van der Waals surface area contributed by atoms with Gasteiger partial charge in [-0.2, -0.15) is 26.3 Å². The number of likely N-dealkylation sites (tertiary alicyclic amines) is 2. The van der Waals surface area contributed by atoms with Crippen LogP contribution >= 0.6 is 0 Å². The maximum atomic E-state index is 13.9. The van der Waals surface area contributed by atoms with Crippen molar-refractivity contribution in [3.63, 3.8) is 0 Å². The average molecular weight is 661 g/mol. The fourth-order valence-corrected chi connectivity index (χ4v) is 6.16. The lowest BCUT2D eigenvalue weighted by Crippen LogP contribution is -2.56. The highest BCUT2D eigenvalue weighted by molar-refractivity contribution is 5.92. The molecule has 2 aliphatic rings. The zero-order chi connectivity index (χ0) is 34.2. The molecule has 2 heterocycles. The van der Waals surface area contributed by atoms with Gasteiger partial charge in [0.05, 0.1) is 11.1 Å². The standard InChI is InChI=1S/C32H39F7N4O3/c1-30(2,3)46-29(45)42-13-10-24(11-14-42)43-15-12-27(26(19-43)20-6-8-23(33)9-7-20)41(5)28(44)40(4)25-17-21(31(34,35)36)16-22(18-25)32(37,38)39/h6-9,16-18,24,26-27H,10-15,19H2,1-5H3/t26-,27+/m0/s1. The van der Waals surface area contributed by atoms with Gasteiger partial charge in [-0.1, -0.05) is 12.1 Å². The Morgan fingerprint density at radius 1 is 0.826 bits per heavy atom. The molecule has 2 atom stereocenters. The molecular weight excluding hydrogens is 621 g/mol. The van der Waals surface area contributed by atoms with Crippen LogP contribution in [0.15, 0.2) is 42.5 Å². The first-order valence-corrected chi connectivity index (χ1v) is 15.0. The molecule has 2 fully saturated rings. The third-order valence-electron chi connectivity index (χ3n) is 8.58. The smallest absolute Gasteiger partial charge is 0.416 e. The summed E-state index contributed by atoms with van der Waals surface area (Å²) in [6, 6.07) is 5.74. The fraction of sp³-hybridized carbons (Fsp3) is 0.562. The highest BCUT2D eigenvalue weighted by atomic mass is 19.4. The maximum Gasteiger partial charge on any atom is 0.416 e. The second-order valence-electron chi connectivity index (χ2n) is 12.9. The number of amides is 3. The van der Waals surface area contributed by atoms with Crippen LogP contribution in [-0.2, 0) is 17.1 Å². The van der Waals surface area contributed by atoms with Crippen LogP contribution in [0.4, 0.5) is 46.0 Å². The lowest BCUT2D eigenvalue weighted by Gasteiger charge is -2.47. The summed E-state index contributed by atoms with van der Waals surface area (Å²) in [5.74, 6) is -0.788. The first kappa shape index (κ1) is 35.3. The van der Waals surface area contributed by atoms with Crippen molar-refractivity contribution >= 4 is 17.8 Å². The van der Waals surface area contributed by atoms with Crippen molar-refractivity contribution in [2.75, 3.05) is 45.2 Å². The average Bonchev–Trinajstić information content (AvgIpc) is 2.98. The number of urea groups is 1. The molecule has 2 saturated heterocycles. The summed E-state index contributed by atoms with van der Waals surface area (Å²) in [6.07, 6.45) is -8.67. The quantitative estimate of drug-likeness (QED) is 0.317. The molecule has 14 heteroatoms. The van der Waals surface area contributed by atoms with Gasteiger partial charge in [0.2, 0.25) is 0 Å². The van der Waals surface area contributed by atoms with E-state index in [-0.39, 0.29) is 24.1 Å². The van der Waals surface area contributed by atoms with E-state index in [0.717, 1.165) is 17.5 Å². The Balaban J connectivity index is 1.54. The summed E-state index contributed by atoms with van der Waals surface area (Å²) in [5.41, 5.74) is -3.46. The van der Waals surface area contributed by atoms with E-state index >= 15 is 0 Å².